The van der Waals surface area contributed by atoms with Gasteiger partial charge in [0.15, 0.2) is 0 Å². The van der Waals surface area contributed by atoms with E-state index in [2.05, 4.69) is 10.2 Å². The zero-order chi connectivity index (χ0) is 14.8. The van der Waals surface area contributed by atoms with E-state index in [9.17, 15) is 18.0 Å². The van der Waals surface area contributed by atoms with Gasteiger partial charge in [0, 0.05) is 19.5 Å². The van der Waals surface area contributed by atoms with Crippen molar-refractivity contribution >= 4 is 5.91 Å². The molecule has 0 radical (unpaired) electrons. The van der Waals surface area contributed by atoms with E-state index in [4.69, 9.17) is 4.42 Å². The molecule has 0 aliphatic carbocycles. The van der Waals surface area contributed by atoms with Crippen molar-refractivity contribution in [2.24, 2.45) is 0 Å². The maximum Gasteiger partial charge on any atom is 0.470 e. The Bertz CT molecular complexity index is 473. The van der Waals surface area contributed by atoms with Gasteiger partial charge in [-0.15, -0.1) is 10.2 Å². The molecular weight excluding hydrogens is 275 g/mol. The summed E-state index contributed by atoms with van der Waals surface area (Å²) < 4.78 is 41.9. The summed E-state index contributed by atoms with van der Waals surface area (Å²) >= 11 is 0. The van der Waals surface area contributed by atoms with Crippen LogP contribution in [0.3, 0.4) is 0 Å². The summed E-state index contributed by atoms with van der Waals surface area (Å²) in [5, 5.41) is 6.50. The van der Waals surface area contributed by atoms with Gasteiger partial charge in [0.05, 0.1) is 5.92 Å². The number of aromatic nitrogens is 2. The highest BCUT2D eigenvalue weighted by Crippen LogP contribution is 2.32. The smallest absolute Gasteiger partial charge is 0.417 e. The quantitative estimate of drug-likeness (QED) is 0.859. The lowest BCUT2D eigenvalue weighted by atomic mass is 9.97. The molecule has 1 aromatic rings. The minimum atomic E-state index is -4.63. The van der Waals surface area contributed by atoms with Crippen LogP contribution < -0.4 is 0 Å². The van der Waals surface area contributed by atoms with Gasteiger partial charge in [-0.1, -0.05) is 6.92 Å². The Kier molecular flexibility index (Phi) is 4.29. The van der Waals surface area contributed by atoms with Gasteiger partial charge in [-0.25, -0.2) is 0 Å². The molecule has 0 spiro atoms. The van der Waals surface area contributed by atoms with Gasteiger partial charge < -0.3 is 9.32 Å². The SMILES string of the molecule is CCCC(=O)N1CCCC(c2nnc(C(F)(F)F)o2)C1. The number of rotatable bonds is 3. The van der Waals surface area contributed by atoms with Crippen LogP contribution >= 0.6 is 0 Å². The second-order valence-electron chi connectivity index (χ2n) is 4.87. The largest absolute Gasteiger partial charge is 0.470 e. The zero-order valence-corrected chi connectivity index (χ0v) is 11.1. The predicted octanol–water partition coefficient (Wildman–Crippen LogP) is 2.59. The maximum atomic E-state index is 12.4. The highest BCUT2D eigenvalue weighted by molar-refractivity contribution is 5.76. The Balaban J connectivity index is 2.05. The van der Waals surface area contributed by atoms with Crippen LogP contribution in [0.1, 0.15) is 50.3 Å². The molecule has 112 valence electrons. The van der Waals surface area contributed by atoms with E-state index < -0.39 is 12.1 Å². The third kappa shape index (κ3) is 3.29. The number of amides is 1. The second kappa shape index (κ2) is 5.80. The lowest BCUT2D eigenvalue weighted by Crippen LogP contribution is -2.39. The van der Waals surface area contributed by atoms with Crippen molar-refractivity contribution < 1.29 is 22.4 Å². The van der Waals surface area contributed by atoms with Gasteiger partial charge in [0.25, 0.3) is 0 Å². The summed E-state index contributed by atoms with van der Waals surface area (Å²) in [5.41, 5.74) is 0. The van der Waals surface area contributed by atoms with Crippen LogP contribution in [0.4, 0.5) is 13.2 Å². The molecule has 0 saturated carbocycles. The van der Waals surface area contributed by atoms with Crippen LogP contribution in [0, 0.1) is 0 Å². The Hall–Kier alpha value is -1.60. The average Bonchev–Trinajstić information content (AvgIpc) is 2.89. The molecule has 1 saturated heterocycles. The van der Waals surface area contributed by atoms with Crippen molar-refractivity contribution in [2.45, 2.75) is 44.7 Å². The van der Waals surface area contributed by atoms with Gasteiger partial charge in [-0.2, -0.15) is 13.2 Å². The van der Waals surface area contributed by atoms with E-state index >= 15 is 0 Å². The maximum absolute atomic E-state index is 12.4. The first-order valence-corrected chi connectivity index (χ1v) is 6.60. The molecular formula is C12H16F3N3O2. The molecule has 1 aromatic heterocycles. The molecule has 1 atom stereocenters. The third-order valence-corrected chi connectivity index (χ3v) is 3.27. The molecule has 1 unspecified atom stereocenters. The Labute approximate surface area is 114 Å². The Morgan fingerprint density at radius 2 is 2.20 bits per heavy atom. The summed E-state index contributed by atoms with van der Waals surface area (Å²) in [5.74, 6) is -1.66. The first-order valence-electron chi connectivity index (χ1n) is 6.60. The number of hydrogen-bond donors (Lipinski definition) is 0. The molecule has 0 aromatic carbocycles. The summed E-state index contributed by atoms with van der Waals surface area (Å²) in [4.78, 5) is 13.5. The third-order valence-electron chi connectivity index (χ3n) is 3.27. The molecule has 2 heterocycles. The van der Waals surface area contributed by atoms with Gasteiger partial charge in [-0.05, 0) is 19.3 Å². The summed E-state index contributed by atoms with van der Waals surface area (Å²) in [6.07, 6.45) is -2.06. The van der Waals surface area contributed by atoms with E-state index in [1.54, 1.807) is 4.90 Å². The van der Waals surface area contributed by atoms with Crippen LogP contribution in [0.5, 0.6) is 0 Å². The fraction of sp³-hybridized carbons (Fsp3) is 0.750. The topological polar surface area (TPSA) is 59.2 Å². The molecule has 0 N–H and O–H groups in total. The summed E-state index contributed by atoms with van der Waals surface area (Å²) in [6.45, 7) is 2.89. The number of nitrogens with zero attached hydrogens (tertiary/aromatic N) is 3. The first-order chi connectivity index (χ1) is 9.41. The zero-order valence-electron chi connectivity index (χ0n) is 11.1. The number of halogens is 3. The van der Waals surface area contributed by atoms with Crippen LogP contribution in [-0.2, 0) is 11.0 Å². The van der Waals surface area contributed by atoms with Crippen molar-refractivity contribution in [1.82, 2.24) is 15.1 Å². The van der Waals surface area contributed by atoms with Crippen molar-refractivity contribution in [1.29, 1.82) is 0 Å². The van der Waals surface area contributed by atoms with Gasteiger partial charge >= 0.3 is 12.1 Å². The molecule has 0 bridgehead atoms. The predicted molar refractivity (Wildman–Crippen MR) is 62.8 cm³/mol. The van der Waals surface area contributed by atoms with Crippen molar-refractivity contribution in [2.75, 3.05) is 13.1 Å². The van der Waals surface area contributed by atoms with E-state index in [0.717, 1.165) is 12.8 Å². The van der Waals surface area contributed by atoms with Gasteiger partial charge in [0.2, 0.25) is 11.8 Å². The van der Waals surface area contributed by atoms with E-state index in [0.29, 0.717) is 25.9 Å². The summed E-state index contributed by atoms with van der Waals surface area (Å²) in [6, 6.07) is 0. The molecule has 1 aliphatic heterocycles. The molecule has 1 fully saturated rings. The van der Waals surface area contributed by atoms with Crippen LogP contribution in [-0.4, -0.2) is 34.1 Å². The fourth-order valence-electron chi connectivity index (χ4n) is 2.29. The van der Waals surface area contributed by atoms with Crippen LogP contribution in [0.25, 0.3) is 0 Å². The normalized spacial score (nSPS) is 20.2. The fourth-order valence-corrected chi connectivity index (χ4v) is 2.29. The monoisotopic (exact) mass is 291 g/mol. The standard InChI is InChI=1S/C12H16F3N3O2/c1-2-4-9(19)18-6-3-5-8(7-18)10-16-17-11(20-10)12(13,14)15/h8H,2-7H2,1H3. The molecule has 2 rings (SSSR count). The highest BCUT2D eigenvalue weighted by atomic mass is 19.4. The number of alkyl halides is 3. The average molecular weight is 291 g/mol. The van der Waals surface area contributed by atoms with E-state index in [1.165, 1.54) is 0 Å². The van der Waals surface area contributed by atoms with Crippen LogP contribution in [0.2, 0.25) is 0 Å². The van der Waals surface area contributed by atoms with Crippen molar-refractivity contribution in [3.8, 4) is 0 Å². The molecule has 1 aliphatic rings. The van der Waals surface area contributed by atoms with Gasteiger partial charge in [-0.3, -0.25) is 4.79 Å². The molecule has 20 heavy (non-hydrogen) atoms. The lowest BCUT2D eigenvalue weighted by molar-refractivity contribution is -0.157. The molecule has 1 amide bonds. The highest BCUT2D eigenvalue weighted by Gasteiger charge is 2.39. The Morgan fingerprint density at radius 3 is 2.80 bits per heavy atom. The summed E-state index contributed by atoms with van der Waals surface area (Å²) in [7, 11) is 0. The lowest BCUT2D eigenvalue weighted by Gasteiger charge is -2.31. The van der Waals surface area contributed by atoms with Gasteiger partial charge in [0.1, 0.15) is 0 Å². The number of piperidine rings is 1. The minimum Gasteiger partial charge on any atom is -0.417 e. The minimum absolute atomic E-state index is 0.0211. The molecule has 8 heteroatoms. The number of carbonyl (C=O) groups is 1. The Morgan fingerprint density at radius 1 is 1.45 bits per heavy atom. The molecule has 5 nitrogen and oxygen atoms in total. The number of likely N-dealkylation sites (tertiary alicyclic amines) is 1. The van der Waals surface area contributed by atoms with Crippen molar-refractivity contribution in [3.63, 3.8) is 0 Å². The van der Waals surface area contributed by atoms with Crippen LogP contribution in [0.15, 0.2) is 4.42 Å². The van der Waals surface area contributed by atoms with Crippen molar-refractivity contribution in [3.05, 3.63) is 11.8 Å². The first kappa shape index (κ1) is 14.8. The second-order valence-corrected chi connectivity index (χ2v) is 4.87. The number of hydrogen-bond acceptors (Lipinski definition) is 4. The number of carbonyl (C=O) groups excluding carboxylic acids is 1. The van der Waals surface area contributed by atoms with E-state index in [-0.39, 0.29) is 17.7 Å². The van der Waals surface area contributed by atoms with E-state index in [1.807, 2.05) is 6.92 Å².